The van der Waals surface area contributed by atoms with Crippen LogP contribution in [0, 0.1) is 5.92 Å². The van der Waals surface area contributed by atoms with Crippen molar-refractivity contribution in [1.29, 1.82) is 0 Å². The fourth-order valence-corrected chi connectivity index (χ4v) is 4.66. The molecule has 174 valence electrons. The highest BCUT2D eigenvalue weighted by molar-refractivity contribution is 5.98. The Morgan fingerprint density at radius 1 is 1.36 bits per heavy atom. The zero-order valence-electron chi connectivity index (χ0n) is 20.0. The van der Waals surface area contributed by atoms with Crippen LogP contribution in [0.2, 0.25) is 0 Å². The zero-order chi connectivity index (χ0) is 23.7. The van der Waals surface area contributed by atoms with Gasteiger partial charge < -0.3 is 14.7 Å². The zero-order valence-corrected chi connectivity index (χ0v) is 20.0. The topological polar surface area (TPSA) is 67.6 Å². The monoisotopic (exact) mass is 447 g/mol. The van der Waals surface area contributed by atoms with E-state index in [-0.39, 0.29) is 11.6 Å². The lowest BCUT2D eigenvalue weighted by Crippen LogP contribution is -2.26. The fourth-order valence-electron chi connectivity index (χ4n) is 4.66. The molecule has 1 aliphatic heterocycles. The number of rotatable bonds is 7. The third-order valence-corrected chi connectivity index (χ3v) is 6.60. The highest BCUT2D eigenvalue weighted by atomic mass is 16.5. The molecule has 33 heavy (non-hydrogen) atoms. The Kier molecular flexibility index (Phi) is 6.45. The molecule has 6 nitrogen and oxygen atoms in total. The molecule has 1 aromatic heterocycles. The average molecular weight is 448 g/mol. The summed E-state index contributed by atoms with van der Waals surface area (Å²) >= 11 is 0. The number of hydrogen-bond donors (Lipinski definition) is 1. The summed E-state index contributed by atoms with van der Waals surface area (Å²) in [5, 5.41) is 14.5. The van der Waals surface area contributed by atoms with E-state index >= 15 is 0 Å². The minimum absolute atomic E-state index is 0.246. The van der Waals surface area contributed by atoms with Gasteiger partial charge >= 0.3 is 5.97 Å². The first-order valence-electron chi connectivity index (χ1n) is 11.7. The number of fused-ring (bicyclic) bond motifs is 1. The third kappa shape index (κ3) is 4.34. The summed E-state index contributed by atoms with van der Waals surface area (Å²) in [6, 6.07) is 6.22. The average Bonchev–Trinajstić information content (AvgIpc) is 3.11. The molecule has 1 aromatic carbocycles. The number of ether oxygens (including phenoxy) is 1. The minimum atomic E-state index is -0.953. The van der Waals surface area contributed by atoms with Crippen LogP contribution in [0.15, 0.2) is 42.7 Å². The largest absolute Gasteiger partial charge is 0.497 e. The summed E-state index contributed by atoms with van der Waals surface area (Å²) in [5.41, 5.74) is 5.93. The van der Waals surface area contributed by atoms with Gasteiger partial charge in [-0.3, -0.25) is 4.68 Å². The Hall–Kier alpha value is -3.28. The maximum Gasteiger partial charge on any atom is 0.339 e. The van der Waals surface area contributed by atoms with Crippen LogP contribution in [0.25, 0.3) is 17.3 Å². The molecule has 1 aliphatic carbocycles. The van der Waals surface area contributed by atoms with Gasteiger partial charge in [0.15, 0.2) is 0 Å². The third-order valence-electron chi connectivity index (χ3n) is 6.60. The number of carboxylic acid groups (broad SMARTS) is 1. The Labute approximate surface area is 195 Å². The van der Waals surface area contributed by atoms with Gasteiger partial charge in [0.25, 0.3) is 0 Å². The Morgan fingerprint density at radius 2 is 2.12 bits per heavy atom. The minimum Gasteiger partial charge on any atom is -0.497 e. The second kappa shape index (κ2) is 9.30. The molecular weight excluding hydrogens is 414 g/mol. The molecule has 2 aromatic rings. The molecule has 0 atom stereocenters. The second-order valence-electron chi connectivity index (χ2n) is 9.27. The molecular formula is C27H33N3O3. The molecule has 0 unspecified atom stereocenters. The number of hydrogen-bond acceptors (Lipinski definition) is 4. The molecule has 0 amide bonds. The SMILES string of the molecule is C=C1c2ccc(OC)cc2C=C(c2c(C(=O)O)cnn2C2CCC2)CN1/C(=C/C)CC(C)C. The van der Waals surface area contributed by atoms with E-state index in [0.717, 1.165) is 53.8 Å². The van der Waals surface area contributed by atoms with Crippen molar-refractivity contribution < 1.29 is 14.6 Å². The predicted octanol–water partition coefficient (Wildman–Crippen LogP) is 6.09. The Balaban J connectivity index is 1.92. The highest BCUT2D eigenvalue weighted by Gasteiger charge is 2.31. The second-order valence-corrected chi connectivity index (χ2v) is 9.27. The normalized spacial score (nSPS) is 16.9. The summed E-state index contributed by atoms with van der Waals surface area (Å²) in [6.45, 7) is 11.4. The first kappa shape index (κ1) is 22.9. The van der Waals surface area contributed by atoms with Crippen LogP contribution in [-0.2, 0) is 0 Å². The van der Waals surface area contributed by atoms with Crippen molar-refractivity contribution in [3.8, 4) is 5.75 Å². The number of aromatic nitrogens is 2. The molecule has 1 fully saturated rings. The molecule has 6 heteroatoms. The summed E-state index contributed by atoms with van der Waals surface area (Å²) in [7, 11) is 1.65. The number of methoxy groups -OCH3 is 1. The van der Waals surface area contributed by atoms with Crippen molar-refractivity contribution in [2.24, 2.45) is 5.92 Å². The lowest BCUT2D eigenvalue weighted by Gasteiger charge is -2.32. The van der Waals surface area contributed by atoms with Crippen LogP contribution in [-0.4, -0.2) is 39.4 Å². The molecule has 0 spiro atoms. The van der Waals surface area contributed by atoms with Crippen LogP contribution >= 0.6 is 0 Å². The first-order valence-corrected chi connectivity index (χ1v) is 11.7. The Bertz CT molecular complexity index is 1140. The Morgan fingerprint density at radius 3 is 2.70 bits per heavy atom. The number of allylic oxidation sites excluding steroid dienone is 2. The van der Waals surface area contributed by atoms with Gasteiger partial charge in [0, 0.05) is 23.5 Å². The van der Waals surface area contributed by atoms with Crippen LogP contribution in [0.3, 0.4) is 0 Å². The van der Waals surface area contributed by atoms with Crippen molar-refractivity contribution in [2.45, 2.75) is 52.5 Å². The van der Waals surface area contributed by atoms with E-state index in [1.165, 1.54) is 11.9 Å². The molecule has 4 rings (SSSR count). The van der Waals surface area contributed by atoms with Crippen molar-refractivity contribution in [3.05, 3.63) is 65.1 Å². The summed E-state index contributed by atoms with van der Waals surface area (Å²) < 4.78 is 7.42. The van der Waals surface area contributed by atoms with Crippen LogP contribution < -0.4 is 4.74 Å². The fraction of sp³-hybridized carbons (Fsp3) is 0.407. The van der Waals surface area contributed by atoms with E-state index in [4.69, 9.17) is 4.74 Å². The van der Waals surface area contributed by atoms with Crippen molar-refractivity contribution in [3.63, 3.8) is 0 Å². The van der Waals surface area contributed by atoms with Gasteiger partial charge in [0.05, 0.1) is 25.0 Å². The van der Waals surface area contributed by atoms with Gasteiger partial charge in [0.1, 0.15) is 11.3 Å². The van der Waals surface area contributed by atoms with Crippen molar-refractivity contribution in [1.82, 2.24) is 14.7 Å². The quantitative estimate of drug-likeness (QED) is 0.556. The molecule has 2 aliphatic rings. The molecule has 0 bridgehead atoms. The maximum atomic E-state index is 12.2. The van der Waals surface area contributed by atoms with Crippen LogP contribution in [0.4, 0.5) is 0 Å². The predicted molar refractivity (Wildman–Crippen MR) is 132 cm³/mol. The summed E-state index contributed by atoms with van der Waals surface area (Å²) in [6.07, 6.45) is 9.82. The number of carbonyl (C=O) groups is 1. The number of aromatic carboxylic acids is 1. The number of carboxylic acids is 1. The molecule has 0 saturated heterocycles. The van der Waals surface area contributed by atoms with Gasteiger partial charge in [-0.25, -0.2) is 4.79 Å². The summed E-state index contributed by atoms with van der Waals surface area (Å²) in [4.78, 5) is 14.4. The smallest absolute Gasteiger partial charge is 0.339 e. The number of benzene rings is 1. The van der Waals surface area contributed by atoms with E-state index in [1.54, 1.807) is 7.11 Å². The highest BCUT2D eigenvalue weighted by Crippen LogP contribution is 2.40. The van der Waals surface area contributed by atoms with Crippen molar-refractivity contribution in [2.75, 3.05) is 13.7 Å². The standard InChI is InChI=1S/C27H33N3O3/c1-6-21(12-17(2)3)29-16-20(13-19-14-23(33-5)10-11-24(19)18(29)4)26-25(27(31)32)15-28-30(26)22-8-7-9-22/h6,10-11,13-15,17,22H,4,7-9,12,16H2,1-3,5H3,(H,31,32)/b21-6+. The molecule has 0 radical (unpaired) electrons. The molecule has 1 saturated carbocycles. The van der Waals surface area contributed by atoms with Crippen molar-refractivity contribution >= 4 is 23.3 Å². The van der Waals surface area contributed by atoms with E-state index in [9.17, 15) is 9.90 Å². The summed E-state index contributed by atoms with van der Waals surface area (Å²) in [5.74, 6) is 0.278. The van der Waals surface area contributed by atoms with Gasteiger partial charge in [-0.15, -0.1) is 0 Å². The van der Waals surface area contributed by atoms with Gasteiger partial charge in [0.2, 0.25) is 0 Å². The van der Waals surface area contributed by atoms with Gasteiger partial charge in [-0.05, 0) is 73.9 Å². The van der Waals surface area contributed by atoms with Crippen LogP contribution in [0.5, 0.6) is 5.75 Å². The van der Waals surface area contributed by atoms with E-state index in [1.807, 2.05) is 22.9 Å². The maximum absolute atomic E-state index is 12.2. The first-order chi connectivity index (χ1) is 15.8. The van der Waals surface area contributed by atoms with E-state index in [2.05, 4.69) is 49.5 Å². The van der Waals surface area contributed by atoms with Crippen LogP contribution in [0.1, 0.15) is 79.7 Å². The molecule has 1 N–H and O–H groups in total. The van der Waals surface area contributed by atoms with Gasteiger partial charge in [-0.1, -0.05) is 26.5 Å². The lowest BCUT2D eigenvalue weighted by atomic mass is 9.92. The molecule has 2 heterocycles. The lowest BCUT2D eigenvalue weighted by molar-refractivity contribution is 0.0696. The number of nitrogens with zero attached hydrogens (tertiary/aromatic N) is 3. The van der Waals surface area contributed by atoms with E-state index in [0.29, 0.717) is 18.2 Å². The van der Waals surface area contributed by atoms with E-state index < -0.39 is 5.97 Å². The van der Waals surface area contributed by atoms with Gasteiger partial charge in [-0.2, -0.15) is 5.10 Å².